The molecular weight excluding hydrogens is 218 g/mol. The third-order valence-electron chi connectivity index (χ3n) is 2.22. The largest absolute Gasteiger partial charge is 0.393 e. The summed E-state index contributed by atoms with van der Waals surface area (Å²) in [5.74, 6) is 0.377. The van der Waals surface area contributed by atoms with Crippen LogP contribution in [0.15, 0.2) is 12.1 Å². The average molecular weight is 228 g/mol. The standard InChI is InChI=1S/C9H10ClN3O2/c1-13-5-2-3-7(10)11-8(5)12-9(13)6(15)4-14/h2-3,6,14-15H,4H2,1H3. The molecule has 0 aliphatic heterocycles. The molecule has 2 aromatic rings. The smallest absolute Gasteiger partial charge is 0.179 e. The lowest BCUT2D eigenvalue weighted by atomic mass is 10.3. The fourth-order valence-electron chi connectivity index (χ4n) is 1.45. The van der Waals surface area contributed by atoms with Crippen molar-refractivity contribution in [2.75, 3.05) is 6.61 Å². The van der Waals surface area contributed by atoms with E-state index in [1.165, 1.54) is 0 Å². The maximum Gasteiger partial charge on any atom is 0.179 e. The Bertz CT molecular complexity index is 497. The summed E-state index contributed by atoms with van der Waals surface area (Å²) in [7, 11) is 1.75. The quantitative estimate of drug-likeness (QED) is 0.739. The van der Waals surface area contributed by atoms with E-state index in [1.54, 1.807) is 23.7 Å². The van der Waals surface area contributed by atoms with Crippen LogP contribution in [0.4, 0.5) is 0 Å². The maximum atomic E-state index is 9.49. The van der Waals surface area contributed by atoms with Crippen molar-refractivity contribution in [3.63, 3.8) is 0 Å². The predicted octanol–water partition coefficient (Wildman–Crippen LogP) is 0.647. The minimum absolute atomic E-state index is 0.352. The van der Waals surface area contributed by atoms with Gasteiger partial charge in [0, 0.05) is 7.05 Å². The van der Waals surface area contributed by atoms with Gasteiger partial charge in [-0.25, -0.2) is 9.97 Å². The minimum atomic E-state index is -0.997. The Morgan fingerprint density at radius 3 is 2.87 bits per heavy atom. The second-order valence-electron chi connectivity index (χ2n) is 3.20. The molecule has 0 radical (unpaired) electrons. The molecule has 0 bridgehead atoms. The summed E-state index contributed by atoms with van der Waals surface area (Å²) in [6.07, 6.45) is -0.997. The van der Waals surface area contributed by atoms with Gasteiger partial charge in [-0.15, -0.1) is 0 Å². The van der Waals surface area contributed by atoms with Crippen molar-refractivity contribution in [2.45, 2.75) is 6.10 Å². The molecule has 15 heavy (non-hydrogen) atoms. The summed E-state index contributed by atoms with van der Waals surface area (Å²) in [6.45, 7) is -0.370. The van der Waals surface area contributed by atoms with Crippen molar-refractivity contribution in [1.82, 2.24) is 14.5 Å². The number of imidazole rings is 1. The van der Waals surface area contributed by atoms with E-state index in [1.807, 2.05) is 0 Å². The highest BCUT2D eigenvalue weighted by atomic mass is 35.5. The number of fused-ring (bicyclic) bond motifs is 1. The number of aliphatic hydroxyl groups excluding tert-OH is 2. The van der Waals surface area contributed by atoms with E-state index in [9.17, 15) is 5.11 Å². The topological polar surface area (TPSA) is 71.2 Å². The summed E-state index contributed by atoms with van der Waals surface area (Å²) >= 11 is 5.72. The molecule has 0 fully saturated rings. The van der Waals surface area contributed by atoms with Gasteiger partial charge in [0.2, 0.25) is 0 Å². The van der Waals surface area contributed by atoms with E-state index in [-0.39, 0.29) is 6.61 Å². The molecule has 0 spiro atoms. The Morgan fingerprint density at radius 1 is 1.47 bits per heavy atom. The number of halogens is 1. The number of aryl methyl sites for hydroxylation is 1. The van der Waals surface area contributed by atoms with Crippen LogP contribution < -0.4 is 0 Å². The molecule has 0 aliphatic rings. The van der Waals surface area contributed by atoms with Crippen molar-refractivity contribution < 1.29 is 10.2 Å². The van der Waals surface area contributed by atoms with Crippen LogP contribution in [0, 0.1) is 0 Å². The first-order chi connectivity index (χ1) is 7.13. The SMILES string of the molecule is Cn1c(C(O)CO)nc2nc(Cl)ccc21. The summed E-state index contributed by atoms with van der Waals surface area (Å²) in [5, 5.41) is 18.7. The van der Waals surface area contributed by atoms with Gasteiger partial charge in [0.15, 0.2) is 5.65 Å². The highest BCUT2D eigenvalue weighted by Crippen LogP contribution is 2.19. The highest BCUT2D eigenvalue weighted by Gasteiger charge is 2.15. The molecule has 0 saturated heterocycles. The van der Waals surface area contributed by atoms with Crippen LogP contribution in [-0.2, 0) is 7.05 Å². The first-order valence-corrected chi connectivity index (χ1v) is 4.79. The van der Waals surface area contributed by atoms with Gasteiger partial charge in [-0.2, -0.15) is 0 Å². The molecule has 0 aliphatic carbocycles. The molecule has 1 atom stereocenters. The lowest BCUT2D eigenvalue weighted by Gasteiger charge is -2.06. The van der Waals surface area contributed by atoms with Gasteiger partial charge < -0.3 is 14.8 Å². The van der Waals surface area contributed by atoms with Crippen molar-refractivity contribution in [1.29, 1.82) is 0 Å². The minimum Gasteiger partial charge on any atom is -0.393 e. The zero-order chi connectivity index (χ0) is 11.0. The fraction of sp³-hybridized carbons (Fsp3) is 0.333. The molecule has 0 aromatic carbocycles. The number of pyridine rings is 1. The summed E-state index contributed by atoms with van der Waals surface area (Å²) < 4.78 is 1.68. The molecule has 80 valence electrons. The van der Waals surface area contributed by atoms with Gasteiger partial charge in [-0.1, -0.05) is 11.6 Å². The number of hydrogen-bond acceptors (Lipinski definition) is 4. The Balaban J connectivity index is 2.63. The molecule has 6 heteroatoms. The van der Waals surface area contributed by atoms with Crippen LogP contribution in [0.3, 0.4) is 0 Å². The van der Waals surface area contributed by atoms with Gasteiger partial charge in [0.05, 0.1) is 12.1 Å². The first-order valence-electron chi connectivity index (χ1n) is 4.41. The molecule has 5 nitrogen and oxygen atoms in total. The van der Waals surface area contributed by atoms with Crippen molar-refractivity contribution >= 4 is 22.8 Å². The Labute approximate surface area is 91.0 Å². The van der Waals surface area contributed by atoms with Crippen LogP contribution in [0.5, 0.6) is 0 Å². The Kier molecular flexibility index (Phi) is 2.60. The molecule has 2 aromatic heterocycles. The van der Waals surface area contributed by atoms with Gasteiger partial charge >= 0.3 is 0 Å². The third-order valence-corrected chi connectivity index (χ3v) is 2.43. The first kappa shape index (κ1) is 10.4. The Morgan fingerprint density at radius 2 is 2.20 bits per heavy atom. The van der Waals surface area contributed by atoms with Crippen LogP contribution in [0.25, 0.3) is 11.2 Å². The number of nitrogens with zero attached hydrogens (tertiary/aromatic N) is 3. The second kappa shape index (κ2) is 3.77. The number of aliphatic hydroxyl groups is 2. The molecule has 1 unspecified atom stereocenters. The number of hydrogen-bond donors (Lipinski definition) is 2. The highest BCUT2D eigenvalue weighted by molar-refractivity contribution is 6.29. The molecule has 2 N–H and O–H groups in total. The van der Waals surface area contributed by atoms with E-state index in [2.05, 4.69) is 9.97 Å². The maximum absolute atomic E-state index is 9.49. The van der Waals surface area contributed by atoms with E-state index >= 15 is 0 Å². The normalized spacial score (nSPS) is 13.3. The lowest BCUT2D eigenvalue weighted by Crippen LogP contribution is -2.09. The zero-order valence-corrected chi connectivity index (χ0v) is 8.81. The lowest BCUT2D eigenvalue weighted by molar-refractivity contribution is 0.0868. The van der Waals surface area contributed by atoms with Gasteiger partial charge in [0.1, 0.15) is 17.1 Å². The summed E-state index contributed by atoms with van der Waals surface area (Å²) in [6, 6.07) is 3.42. The van der Waals surface area contributed by atoms with Crippen LogP contribution >= 0.6 is 11.6 Å². The van der Waals surface area contributed by atoms with Gasteiger partial charge in [-0.05, 0) is 12.1 Å². The molecule has 2 rings (SSSR count). The van der Waals surface area contributed by atoms with E-state index in [0.29, 0.717) is 16.6 Å². The van der Waals surface area contributed by atoms with Crippen molar-refractivity contribution in [3.05, 3.63) is 23.1 Å². The second-order valence-corrected chi connectivity index (χ2v) is 3.59. The van der Waals surface area contributed by atoms with E-state index < -0.39 is 6.10 Å². The average Bonchev–Trinajstić information content (AvgIpc) is 2.54. The molecule has 2 heterocycles. The van der Waals surface area contributed by atoms with Crippen molar-refractivity contribution in [3.8, 4) is 0 Å². The predicted molar refractivity (Wildman–Crippen MR) is 55.6 cm³/mol. The fourth-order valence-corrected chi connectivity index (χ4v) is 1.59. The van der Waals surface area contributed by atoms with Crippen LogP contribution in [0.1, 0.15) is 11.9 Å². The summed E-state index contributed by atoms with van der Waals surface area (Å²) in [5.41, 5.74) is 1.23. The van der Waals surface area contributed by atoms with Gasteiger partial charge in [0.25, 0.3) is 0 Å². The van der Waals surface area contributed by atoms with Crippen LogP contribution in [-0.4, -0.2) is 31.4 Å². The third kappa shape index (κ3) is 1.69. The van der Waals surface area contributed by atoms with Crippen LogP contribution in [0.2, 0.25) is 5.15 Å². The molecule has 0 saturated carbocycles. The molecule has 0 amide bonds. The Hall–Kier alpha value is -1.17. The van der Waals surface area contributed by atoms with Crippen molar-refractivity contribution in [2.24, 2.45) is 7.05 Å². The monoisotopic (exact) mass is 227 g/mol. The number of aromatic nitrogens is 3. The zero-order valence-electron chi connectivity index (χ0n) is 8.05. The number of rotatable bonds is 2. The molecular formula is C9H10ClN3O2. The van der Waals surface area contributed by atoms with E-state index in [0.717, 1.165) is 5.52 Å². The van der Waals surface area contributed by atoms with Gasteiger partial charge in [-0.3, -0.25) is 0 Å². The van der Waals surface area contributed by atoms with E-state index in [4.69, 9.17) is 16.7 Å². The summed E-state index contributed by atoms with van der Waals surface area (Å²) in [4.78, 5) is 8.12.